The lowest BCUT2D eigenvalue weighted by Gasteiger charge is -2.33. The third kappa shape index (κ3) is 6.56. The van der Waals surface area contributed by atoms with Crippen LogP contribution in [-0.4, -0.2) is 50.8 Å². The Labute approximate surface area is 222 Å². The minimum absolute atomic E-state index is 0.0866. The van der Waals surface area contributed by atoms with Crippen molar-refractivity contribution in [2.24, 2.45) is 5.92 Å². The molecule has 1 aliphatic heterocycles. The first-order chi connectivity index (χ1) is 17.7. The number of carbonyl (C=O) groups is 2. The Kier molecular flexibility index (Phi) is 8.30. The van der Waals surface area contributed by atoms with Gasteiger partial charge in [-0.15, -0.1) is 0 Å². The van der Waals surface area contributed by atoms with Crippen molar-refractivity contribution in [3.63, 3.8) is 0 Å². The maximum absolute atomic E-state index is 13.5. The number of hydrogen-bond donors (Lipinski definition) is 1. The first kappa shape index (κ1) is 26.8. The fraction of sp³-hybridized carbons (Fsp3) is 0.464. The highest BCUT2D eigenvalue weighted by Crippen LogP contribution is 2.29. The standard InChI is InChI=1S/C28H35N5O3S/c1-20-10-15-32(16-11-20)26(34)23(13-17-31-14-6-7-21(31)19-29)30-37-25-9-5-8-24-22(25)12-18-33(24)27(35)36-28(2,3)4/h5-9,12,14,18,20,23,30H,10-11,13,15-17H2,1-4H3. The number of nitrogens with one attached hydrogen (secondary N) is 1. The number of rotatable bonds is 7. The van der Waals surface area contributed by atoms with Crippen LogP contribution in [0, 0.1) is 17.2 Å². The predicted molar refractivity (Wildman–Crippen MR) is 145 cm³/mol. The molecule has 0 aliphatic carbocycles. The van der Waals surface area contributed by atoms with Crippen molar-refractivity contribution < 1.29 is 14.3 Å². The van der Waals surface area contributed by atoms with E-state index >= 15 is 0 Å². The Hall–Kier alpha value is -3.22. The van der Waals surface area contributed by atoms with E-state index in [9.17, 15) is 14.9 Å². The Balaban J connectivity index is 1.52. The Morgan fingerprint density at radius 3 is 2.62 bits per heavy atom. The summed E-state index contributed by atoms with van der Waals surface area (Å²) in [5.74, 6) is 0.720. The molecule has 1 fully saturated rings. The van der Waals surface area contributed by atoms with Crippen LogP contribution in [0.25, 0.3) is 10.9 Å². The van der Waals surface area contributed by atoms with Gasteiger partial charge in [0.05, 0.1) is 11.6 Å². The zero-order chi connectivity index (χ0) is 26.6. The number of amides is 1. The van der Waals surface area contributed by atoms with Gasteiger partial charge in [0.15, 0.2) is 0 Å². The first-order valence-electron chi connectivity index (χ1n) is 12.8. The molecule has 1 atom stereocenters. The molecule has 8 nitrogen and oxygen atoms in total. The van der Waals surface area contributed by atoms with E-state index in [1.54, 1.807) is 12.3 Å². The van der Waals surface area contributed by atoms with E-state index in [-0.39, 0.29) is 5.91 Å². The topological polar surface area (TPSA) is 92.3 Å². The monoisotopic (exact) mass is 521 g/mol. The molecule has 4 rings (SSSR count). The molecule has 1 aliphatic rings. The minimum Gasteiger partial charge on any atom is -0.443 e. The van der Waals surface area contributed by atoms with E-state index in [0.717, 1.165) is 41.7 Å². The number of piperidine rings is 1. The number of nitriles is 1. The van der Waals surface area contributed by atoms with Crippen LogP contribution in [0.3, 0.4) is 0 Å². The van der Waals surface area contributed by atoms with Crippen molar-refractivity contribution in [3.8, 4) is 6.07 Å². The second kappa shape index (κ2) is 11.4. The Bertz CT molecular complexity index is 1290. The lowest BCUT2D eigenvalue weighted by atomic mass is 9.98. The summed E-state index contributed by atoms with van der Waals surface area (Å²) in [7, 11) is 0. The molecule has 0 radical (unpaired) electrons. The molecule has 3 aromatic rings. The number of aryl methyl sites for hydroxylation is 1. The molecule has 0 bridgehead atoms. The minimum atomic E-state index is -0.591. The smallest absolute Gasteiger partial charge is 0.418 e. The number of aromatic nitrogens is 2. The highest BCUT2D eigenvalue weighted by molar-refractivity contribution is 7.97. The number of ether oxygens (including phenoxy) is 1. The van der Waals surface area contributed by atoms with E-state index in [1.807, 2.05) is 66.8 Å². The quantitative estimate of drug-likeness (QED) is 0.418. The van der Waals surface area contributed by atoms with Gasteiger partial charge < -0.3 is 14.2 Å². The largest absolute Gasteiger partial charge is 0.443 e. The average molecular weight is 522 g/mol. The molecule has 0 saturated carbocycles. The first-order valence-corrected chi connectivity index (χ1v) is 13.6. The van der Waals surface area contributed by atoms with Crippen molar-refractivity contribution in [1.29, 1.82) is 5.26 Å². The van der Waals surface area contributed by atoms with Crippen LogP contribution in [0.4, 0.5) is 4.79 Å². The fourth-order valence-electron chi connectivity index (χ4n) is 4.49. The van der Waals surface area contributed by atoms with E-state index in [1.165, 1.54) is 16.5 Å². The summed E-state index contributed by atoms with van der Waals surface area (Å²) in [4.78, 5) is 29.1. The molecule has 37 heavy (non-hydrogen) atoms. The molecule has 1 amide bonds. The van der Waals surface area contributed by atoms with E-state index in [0.29, 0.717) is 24.6 Å². The molecule has 3 heterocycles. The molecule has 1 unspecified atom stereocenters. The van der Waals surface area contributed by atoms with Gasteiger partial charge in [-0.1, -0.05) is 13.0 Å². The summed E-state index contributed by atoms with van der Waals surface area (Å²) < 4.78 is 12.4. The summed E-state index contributed by atoms with van der Waals surface area (Å²) in [5.41, 5.74) is 0.742. The molecule has 2 aromatic heterocycles. The lowest BCUT2D eigenvalue weighted by molar-refractivity contribution is -0.134. The zero-order valence-corrected chi connectivity index (χ0v) is 22.8. The second-order valence-corrected chi connectivity index (χ2v) is 11.5. The summed E-state index contributed by atoms with van der Waals surface area (Å²) in [6.45, 7) is 9.85. The number of fused-ring (bicyclic) bond motifs is 1. The Morgan fingerprint density at radius 1 is 1.16 bits per heavy atom. The summed E-state index contributed by atoms with van der Waals surface area (Å²) in [6, 6.07) is 13.1. The molecule has 196 valence electrons. The van der Waals surface area contributed by atoms with Gasteiger partial charge in [-0.25, -0.2) is 9.52 Å². The maximum Gasteiger partial charge on any atom is 0.418 e. The molecule has 1 saturated heterocycles. The van der Waals surface area contributed by atoms with Crippen LogP contribution >= 0.6 is 11.9 Å². The molecule has 1 aromatic carbocycles. The van der Waals surface area contributed by atoms with Crippen LogP contribution in [0.5, 0.6) is 0 Å². The zero-order valence-electron chi connectivity index (χ0n) is 21.9. The van der Waals surface area contributed by atoms with Gasteiger partial charge >= 0.3 is 6.09 Å². The summed E-state index contributed by atoms with van der Waals surface area (Å²) in [5, 5.41) is 10.3. The molecular formula is C28H35N5O3S. The highest BCUT2D eigenvalue weighted by atomic mass is 32.2. The number of hydrogen-bond acceptors (Lipinski definition) is 6. The van der Waals surface area contributed by atoms with E-state index in [2.05, 4.69) is 17.7 Å². The van der Waals surface area contributed by atoms with Crippen molar-refractivity contribution in [2.75, 3.05) is 13.1 Å². The third-order valence-electron chi connectivity index (χ3n) is 6.59. The van der Waals surface area contributed by atoms with Gasteiger partial charge in [-0.3, -0.25) is 9.36 Å². The fourth-order valence-corrected chi connectivity index (χ4v) is 5.41. The highest BCUT2D eigenvalue weighted by Gasteiger charge is 2.28. The van der Waals surface area contributed by atoms with Crippen molar-refractivity contribution in [3.05, 3.63) is 54.5 Å². The molecule has 0 spiro atoms. The predicted octanol–water partition coefficient (Wildman–Crippen LogP) is 5.41. The van der Waals surface area contributed by atoms with Crippen LogP contribution < -0.4 is 4.72 Å². The van der Waals surface area contributed by atoms with Gasteiger partial charge in [0.2, 0.25) is 5.91 Å². The van der Waals surface area contributed by atoms with Crippen LogP contribution in [-0.2, 0) is 16.1 Å². The summed E-state index contributed by atoms with van der Waals surface area (Å²) >= 11 is 1.40. The lowest BCUT2D eigenvalue weighted by Crippen LogP contribution is -2.47. The normalized spacial score (nSPS) is 15.5. The third-order valence-corrected chi connectivity index (χ3v) is 7.57. The molecule has 1 N–H and O–H groups in total. The van der Waals surface area contributed by atoms with Crippen molar-refractivity contribution in [1.82, 2.24) is 18.8 Å². The van der Waals surface area contributed by atoms with Gasteiger partial charge in [0.1, 0.15) is 17.4 Å². The van der Waals surface area contributed by atoms with Crippen molar-refractivity contribution >= 4 is 34.9 Å². The molecular weight excluding hydrogens is 486 g/mol. The van der Waals surface area contributed by atoms with E-state index in [4.69, 9.17) is 4.74 Å². The van der Waals surface area contributed by atoms with Gasteiger partial charge in [0.25, 0.3) is 0 Å². The molecule has 9 heteroatoms. The van der Waals surface area contributed by atoms with Crippen LogP contribution in [0.1, 0.15) is 52.7 Å². The van der Waals surface area contributed by atoms with Crippen molar-refractivity contribution in [2.45, 2.75) is 70.0 Å². The van der Waals surface area contributed by atoms with Gasteiger partial charge in [-0.05, 0) is 88.2 Å². The number of benzene rings is 1. The van der Waals surface area contributed by atoms with Gasteiger partial charge in [-0.2, -0.15) is 5.26 Å². The number of carbonyl (C=O) groups excluding carboxylic acids is 2. The maximum atomic E-state index is 13.5. The average Bonchev–Trinajstić information content (AvgIpc) is 3.50. The SMILES string of the molecule is CC1CCN(C(=O)C(CCn2cccc2C#N)NSc2cccc3c2ccn3C(=O)OC(C)(C)C)CC1. The van der Waals surface area contributed by atoms with Gasteiger partial charge in [0, 0.05) is 42.3 Å². The number of nitrogens with zero attached hydrogens (tertiary/aromatic N) is 4. The van der Waals surface area contributed by atoms with Crippen LogP contribution in [0.15, 0.2) is 53.7 Å². The summed E-state index contributed by atoms with van der Waals surface area (Å²) in [6.07, 6.45) is 5.74. The van der Waals surface area contributed by atoms with Crippen LogP contribution in [0.2, 0.25) is 0 Å². The second-order valence-electron chi connectivity index (χ2n) is 10.6. The van der Waals surface area contributed by atoms with E-state index < -0.39 is 17.7 Å². The number of likely N-dealkylation sites (tertiary alicyclic amines) is 1. The Morgan fingerprint density at radius 2 is 1.92 bits per heavy atom.